The highest BCUT2D eigenvalue weighted by Gasteiger charge is 2.40. The van der Waals surface area contributed by atoms with E-state index < -0.39 is 49.7 Å². The van der Waals surface area contributed by atoms with Crippen LogP contribution in [0.15, 0.2) is 24.3 Å². The van der Waals surface area contributed by atoms with Crippen molar-refractivity contribution in [1.29, 1.82) is 0 Å². The number of alkyl carbamates (subject to hydrolysis) is 1. The van der Waals surface area contributed by atoms with E-state index in [4.69, 9.17) is 9.16 Å². The third kappa shape index (κ3) is 8.12. The first-order chi connectivity index (χ1) is 14.2. The molecule has 1 unspecified atom stereocenters. The van der Waals surface area contributed by atoms with Gasteiger partial charge in [0, 0.05) is 12.5 Å². The molecule has 0 heterocycles. The lowest BCUT2D eigenvalue weighted by atomic mass is 9.91. The Morgan fingerprint density at radius 3 is 1.91 bits per heavy atom. The number of halogens is 3. The first kappa shape index (κ1) is 28.0. The van der Waals surface area contributed by atoms with Crippen LogP contribution in [0.5, 0.6) is 0 Å². The summed E-state index contributed by atoms with van der Waals surface area (Å²) in [5, 5.41) is 12.0. The number of carbonyl (C=O) groups is 2. The molecule has 1 aromatic rings. The second kappa shape index (κ2) is 9.82. The van der Waals surface area contributed by atoms with Crippen LogP contribution in [-0.2, 0) is 20.1 Å². The molecule has 0 saturated heterocycles. The fourth-order valence-corrected chi connectivity index (χ4v) is 3.62. The topological polar surface area (TPSA) is 84.9 Å². The average Bonchev–Trinajstić information content (AvgIpc) is 2.57. The van der Waals surface area contributed by atoms with Crippen LogP contribution in [0.25, 0.3) is 0 Å². The average molecular weight is 478 g/mol. The summed E-state index contributed by atoms with van der Waals surface area (Å²) in [7, 11) is -2.32. The maximum Gasteiger partial charge on any atom is 0.416 e. The molecule has 0 spiro atoms. The van der Waals surface area contributed by atoms with Crippen molar-refractivity contribution in [2.75, 3.05) is 6.61 Å². The van der Waals surface area contributed by atoms with Crippen LogP contribution in [0.1, 0.15) is 58.6 Å². The molecule has 0 bridgehead atoms. The van der Waals surface area contributed by atoms with E-state index in [1.807, 2.05) is 33.9 Å². The zero-order valence-corrected chi connectivity index (χ0v) is 20.9. The van der Waals surface area contributed by atoms with E-state index in [1.54, 1.807) is 20.8 Å². The maximum absolute atomic E-state index is 13.0. The molecule has 182 valence electrons. The lowest BCUT2D eigenvalue weighted by molar-refractivity contribution is -0.140. The van der Waals surface area contributed by atoms with Gasteiger partial charge in [0.05, 0.1) is 5.56 Å². The number of rotatable bonds is 7. The number of ether oxygens (including phenoxy) is 1. The van der Waals surface area contributed by atoms with Gasteiger partial charge in [-0.1, -0.05) is 32.9 Å². The summed E-state index contributed by atoms with van der Waals surface area (Å²) in [6, 6.07) is 2.75. The van der Waals surface area contributed by atoms with Crippen LogP contribution in [0, 0.1) is 0 Å². The Morgan fingerprint density at radius 1 is 1.03 bits per heavy atom. The van der Waals surface area contributed by atoms with Crippen molar-refractivity contribution in [1.82, 2.24) is 5.32 Å². The van der Waals surface area contributed by atoms with Crippen molar-refractivity contribution in [3.8, 4) is 0 Å². The summed E-state index contributed by atoms with van der Waals surface area (Å²) in [6.45, 7) is 14.8. The van der Waals surface area contributed by atoms with Gasteiger partial charge in [-0.15, -0.1) is 0 Å². The molecular formula is C22H34F3NO5Si. The third-order valence-corrected chi connectivity index (χ3v) is 9.94. The number of nitrogens with one attached hydrogen (secondary N) is 1. The van der Waals surface area contributed by atoms with Gasteiger partial charge in [-0.25, -0.2) is 9.59 Å². The number of carbonyl (C=O) groups excluding carboxylic acids is 1. The van der Waals surface area contributed by atoms with E-state index in [2.05, 4.69) is 5.32 Å². The van der Waals surface area contributed by atoms with Gasteiger partial charge in [0.1, 0.15) is 11.6 Å². The van der Waals surface area contributed by atoms with Crippen molar-refractivity contribution in [3.63, 3.8) is 0 Å². The standard InChI is InChI=1S/C22H34F3NO5Si/c1-20(2,3)31-19(29)26-17(18(27)28)16(13-30-32(7,8)21(4,5)6)14-9-11-15(12-10-14)22(23,24)25/h9-12,16-17H,13H2,1-8H3,(H,26,29)(H,27,28)/t16-,17?/m0/s1. The quantitative estimate of drug-likeness (QED) is 0.486. The Balaban J connectivity index is 3.32. The van der Waals surface area contributed by atoms with Crippen molar-refractivity contribution >= 4 is 20.4 Å². The summed E-state index contributed by atoms with van der Waals surface area (Å²) in [5.41, 5.74) is -1.40. The van der Waals surface area contributed by atoms with Gasteiger partial charge in [0.2, 0.25) is 0 Å². The van der Waals surface area contributed by atoms with Crippen LogP contribution >= 0.6 is 0 Å². The van der Waals surface area contributed by atoms with E-state index in [9.17, 15) is 27.9 Å². The predicted molar refractivity (Wildman–Crippen MR) is 118 cm³/mol. The molecule has 0 radical (unpaired) electrons. The molecule has 1 aromatic carbocycles. The monoisotopic (exact) mass is 477 g/mol. The molecule has 1 rings (SSSR count). The molecule has 0 aromatic heterocycles. The summed E-state index contributed by atoms with van der Waals surface area (Å²) in [6.07, 6.45) is -5.46. The highest BCUT2D eigenvalue weighted by atomic mass is 28.4. The molecule has 1 amide bonds. The fraction of sp³-hybridized carbons (Fsp3) is 0.636. The maximum atomic E-state index is 13.0. The van der Waals surface area contributed by atoms with E-state index in [0.29, 0.717) is 5.56 Å². The van der Waals surface area contributed by atoms with Gasteiger partial charge in [0.15, 0.2) is 8.32 Å². The smallest absolute Gasteiger partial charge is 0.416 e. The highest BCUT2D eigenvalue weighted by Crippen LogP contribution is 2.38. The van der Waals surface area contributed by atoms with Crippen LogP contribution in [0.3, 0.4) is 0 Å². The molecule has 0 fully saturated rings. The third-order valence-electron chi connectivity index (χ3n) is 5.44. The molecule has 10 heteroatoms. The second-order valence-corrected chi connectivity index (χ2v) is 15.1. The van der Waals surface area contributed by atoms with Gasteiger partial charge >= 0.3 is 18.2 Å². The SMILES string of the molecule is CC(C)(C)OC(=O)NC(C(=O)O)[C@@H](CO[Si](C)(C)C(C)(C)C)c1ccc(C(F)(F)F)cc1. The van der Waals surface area contributed by atoms with E-state index in [0.717, 1.165) is 12.1 Å². The minimum absolute atomic E-state index is 0.0887. The minimum Gasteiger partial charge on any atom is -0.480 e. The van der Waals surface area contributed by atoms with Gasteiger partial charge < -0.3 is 19.6 Å². The largest absolute Gasteiger partial charge is 0.480 e. The second-order valence-electron chi connectivity index (χ2n) is 10.3. The Hall–Kier alpha value is -2.07. The van der Waals surface area contributed by atoms with Crippen molar-refractivity contribution in [2.24, 2.45) is 0 Å². The number of hydrogen-bond acceptors (Lipinski definition) is 4. The first-order valence-electron chi connectivity index (χ1n) is 10.3. The summed E-state index contributed by atoms with van der Waals surface area (Å²) in [5.74, 6) is -2.28. The number of aliphatic carboxylic acids is 1. The van der Waals surface area contributed by atoms with E-state index >= 15 is 0 Å². The lowest BCUT2D eigenvalue weighted by Crippen LogP contribution is -2.49. The zero-order chi connectivity index (χ0) is 25.1. The van der Waals surface area contributed by atoms with Crippen LogP contribution in [0.2, 0.25) is 18.1 Å². The summed E-state index contributed by atoms with van der Waals surface area (Å²) in [4.78, 5) is 24.3. The lowest BCUT2D eigenvalue weighted by Gasteiger charge is -2.38. The Morgan fingerprint density at radius 2 is 1.53 bits per heavy atom. The Labute approximate surface area is 188 Å². The number of alkyl halides is 3. The molecule has 0 aliphatic heterocycles. The molecule has 0 aliphatic rings. The number of carboxylic acid groups (broad SMARTS) is 1. The number of benzene rings is 1. The fourth-order valence-electron chi connectivity index (χ4n) is 2.59. The predicted octanol–water partition coefficient (Wildman–Crippen LogP) is 5.79. The van der Waals surface area contributed by atoms with E-state index in [-0.39, 0.29) is 11.6 Å². The Bertz CT molecular complexity index is 796. The number of hydrogen-bond donors (Lipinski definition) is 2. The van der Waals surface area contributed by atoms with E-state index in [1.165, 1.54) is 12.1 Å². The molecule has 2 atom stereocenters. The van der Waals surface area contributed by atoms with Crippen LogP contribution < -0.4 is 5.32 Å². The summed E-state index contributed by atoms with van der Waals surface area (Å²) >= 11 is 0. The van der Waals surface area contributed by atoms with Crippen molar-refractivity contribution in [2.45, 2.75) is 83.4 Å². The molecule has 32 heavy (non-hydrogen) atoms. The van der Waals surface area contributed by atoms with Crippen molar-refractivity contribution < 1.29 is 37.0 Å². The van der Waals surface area contributed by atoms with Gasteiger partial charge in [-0.3, -0.25) is 0 Å². The van der Waals surface area contributed by atoms with Crippen molar-refractivity contribution in [3.05, 3.63) is 35.4 Å². The Kier molecular flexibility index (Phi) is 8.58. The number of carboxylic acids is 1. The summed E-state index contributed by atoms with van der Waals surface area (Å²) < 4.78 is 50.3. The minimum atomic E-state index is -4.52. The van der Waals surface area contributed by atoms with Gasteiger partial charge in [0.25, 0.3) is 0 Å². The van der Waals surface area contributed by atoms with Gasteiger partial charge in [-0.05, 0) is 56.6 Å². The van der Waals surface area contributed by atoms with Gasteiger partial charge in [-0.2, -0.15) is 13.2 Å². The van der Waals surface area contributed by atoms with Crippen LogP contribution in [-0.4, -0.2) is 43.7 Å². The number of amides is 1. The molecule has 6 nitrogen and oxygen atoms in total. The molecule has 2 N–H and O–H groups in total. The highest BCUT2D eigenvalue weighted by molar-refractivity contribution is 6.74. The van der Waals surface area contributed by atoms with Crippen LogP contribution in [0.4, 0.5) is 18.0 Å². The normalized spacial score (nSPS) is 15.1. The first-order valence-corrected chi connectivity index (χ1v) is 13.2. The molecule has 0 aliphatic carbocycles. The zero-order valence-electron chi connectivity index (χ0n) is 19.9. The molecular weight excluding hydrogens is 443 g/mol. The molecule has 0 saturated carbocycles.